The summed E-state index contributed by atoms with van der Waals surface area (Å²) >= 11 is 0. The molecule has 7 heteroatoms. The van der Waals surface area contributed by atoms with Gasteiger partial charge in [0.2, 0.25) is 10.0 Å². The Labute approximate surface area is 111 Å². The van der Waals surface area contributed by atoms with Gasteiger partial charge in [-0.15, -0.1) is 6.58 Å². The Bertz CT molecular complexity index is 586. The number of nitrogens with zero attached hydrogens (tertiary/aromatic N) is 1. The first-order valence-electron chi connectivity index (χ1n) is 5.59. The molecule has 0 aliphatic heterocycles. The van der Waals surface area contributed by atoms with Gasteiger partial charge in [0, 0.05) is 12.6 Å². The third-order valence-electron chi connectivity index (χ3n) is 2.56. The Kier molecular flexibility index (Phi) is 4.65. The SMILES string of the molecule is C=CCN(C(C)C)S(=O)(=O)c1ccc(F)c(N)c1F. The van der Waals surface area contributed by atoms with Gasteiger partial charge in [-0.1, -0.05) is 6.08 Å². The summed E-state index contributed by atoms with van der Waals surface area (Å²) < 4.78 is 52.6. The zero-order valence-corrected chi connectivity index (χ0v) is 11.5. The van der Waals surface area contributed by atoms with Crippen LogP contribution in [-0.4, -0.2) is 25.3 Å². The summed E-state index contributed by atoms with van der Waals surface area (Å²) in [5, 5.41) is 0. The van der Waals surface area contributed by atoms with Gasteiger partial charge < -0.3 is 5.73 Å². The van der Waals surface area contributed by atoms with Crippen LogP contribution < -0.4 is 5.73 Å². The average molecular weight is 290 g/mol. The third-order valence-corrected chi connectivity index (χ3v) is 4.62. The van der Waals surface area contributed by atoms with Gasteiger partial charge in [0.15, 0.2) is 5.82 Å². The molecule has 2 N–H and O–H groups in total. The highest BCUT2D eigenvalue weighted by molar-refractivity contribution is 7.89. The molecule has 0 spiro atoms. The van der Waals surface area contributed by atoms with Crippen LogP contribution in [0.3, 0.4) is 0 Å². The van der Waals surface area contributed by atoms with Crippen LogP contribution in [0.1, 0.15) is 13.8 Å². The van der Waals surface area contributed by atoms with Gasteiger partial charge in [-0.3, -0.25) is 0 Å². The van der Waals surface area contributed by atoms with E-state index in [-0.39, 0.29) is 6.54 Å². The summed E-state index contributed by atoms with van der Waals surface area (Å²) in [6.07, 6.45) is 1.39. The maximum absolute atomic E-state index is 13.8. The molecule has 0 saturated heterocycles. The van der Waals surface area contributed by atoms with Gasteiger partial charge >= 0.3 is 0 Å². The van der Waals surface area contributed by atoms with E-state index in [9.17, 15) is 17.2 Å². The van der Waals surface area contributed by atoms with Crippen molar-refractivity contribution < 1.29 is 17.2 Å². The number of nitrogens with two attached hydrogens (primary N) is 1. The first kappa shape index (κ1) is 15.6. The molecule has 0 aliphatic carbocycles. The van der Waals surface area contributed by atoms with Crippen molar-refractivity contribution in [2.45, 2.75) is 24.8 Å². The molecule has 0 atom stereocenters. The first-order valence-corrected chi connectivity index (χ1v) is 7.03. The topological polar surface area (TPSA) is 63.4 Å². The van der Waals surface area contributed by atoms with Crippen LogP contribution in [0.15, 0.2) is 29.7 Å². The summed E-state index contributed by atoms with van der Waals surface area (Å²) in [5.74, 6) is -2.26. The molecule has 4 nitrogen and oxygen atoms in total. The molecule has 0 bridgehead atoms. The van der Waals surface area contributed by atoms with Crippen LogP contribution in [0.4, 0.5) is 14.5 Å². The van der Waals surface area contributed by atoms with Crippen molar-refractivity contribution in [3.05, 3.63) is 36.4 Å². The van der Waals surface area contributed by atoms with Crippen molar-refractivity contribution in [1.29, 1.82) is 0 Å². The second-order valence-corrected chi connectivity index (χ2v) is 6.09. The molecular formula is C12H16F2N2O2S. The number of rotatable bonds is 5. The van der Waals surface area contributed by atoms with Gasteiger partial charge in [0.1, 0.15) is 16.4 Å². The Balaban J connectivity index is 3.42. The molecule has 19 heavy (non-hydrogen) atoms. The predicted molar refractivity (Wildman–Crippen MR) is 70.0 cm³/mol. The minimum Gasteiger partial charge on any atom is -0.394 e. The smallest absolute Gasteiger partial charge is 0.246 e. The second-order valence-electron chi connectivity index (χ2n) is 4.23. The quantitative estimate of drug-likeness (QED) is 0.667. The van der Waals surface area contributed by atoms with E-state index < -0.39 is 38.3 Å². The lowest BCUT2D eigenvalue weighted by atomic mass is 10.3. The van der Waals surface area contributed by atoms with Gasteiger partial charge in [0.05, 0.1) is 0 Å². The zero-order valence-electron chi connectivity index (χ0n) is 10.7. The van der Waals surface area contributed by atoms with Crippen LogP contribution in [0.5, 0.6) is 0 Å². The van der Waals surface area contributed by atoms with Gasteiger partial charge in [-0.25, -0.2) is 17.2 Å². The van der Waals surface area contributed by atoms with Crippen molar-refractivity contribution in [2.24, 2.45) is 0 Å². The minimum absolute atomic E-state index is 0.0245. The maximum Gasteiger partial charge on any atom is 0.246 e. The largest absolute Gasteiger partial charge is 0.394 e. The third kappa shape index (κ3) is 2.93. The summed E-state index contributed by atoms with van der Waals surface area (Å²) in [6, 6.07) is 1.31. The molecule has 0 aromatic heterocycles. The van der Waals surface area contributed by atoms with E-state index in [4.69, 9.17) is 5.73 Å². The molecule has 0 aliphatic rings. The number of benzene rings is 1. The predicted octanol–water partition coefficient (Wildman–Crippen LogP) is 2.13. The van der Waals surface area contributed by atoms with Gasteiger partial charge in [-0.2, -0.15) is 4.31 Å². The lowest BCUT2D eigenvalue weighted by Gasteiger charge is -2.24. The molecule has 1 aromatic carbocycles. The lowest BCUT2D eigenvalue weighted by molar-refractivity contribution is 0.380. The van der Waals surface area contributed by atoms with E-state index >= 15 is 0 Å². The molecule has 0 unspecified atom stereocenters. The normalized spacial score (nSPS) is 12.1. The summed E-state index contributed by atoms with van der Waals surface area (Å²) in [6.45, 7) is 6.77. The number of halogens is 2. The minimum atomic E-state index is -4.09. The average Bonchev–Trinajstić information content (AvgIpc) is 2.32. The molecule has 106 valence electrons. The van der Waals surface area contributed by atoms with E-state index in [0.29, 0.717) is 0 Å². The number of sulfonamides is 1. The molecule has 0 heterocycles. The highest BCUT2D eigenvalue weighted by Gasteiger charge is 2.30. The Hall–Kier alpha value is -1.47. The second kappa shape index (κ2) is 5.66. The van der Waals surface area contributed by atoms with Crippen LogP contribution in [0.25, 0.3) is 0 Å². The van der Waals surface area contributed by atoms with Gasteiger partial charge in [0.25, 0.3) is 0 Å². The first-order chi connectivity index (χ1) is 8.73. The van der Waals surface area contributed by atoms with E-state index in [2.05, 4.69) is 6.58 Å². The maximum atomic E-state index is 13.8. The van der Waals surface area contributed by atoms with E-state index in [0.717, 1.165) is 16.4 Å². The van der Waals surface area contributed by atoms with Crippen LogP contribution in [0, 0.1) is 11.6 Å². The number of hydrogen-bond donors (Lipinski definition) is 1. The monoisotopic (exact) mass is 290 g/mol. The fourth-order valence-corrected chi connectivity index (χ4v) is 3.27. The van der Waals surface area contributed by atoms with E-state index in [1.165, 1.54) is 6.08 Å². The molecule has 0 fully saturated rings. The van der Waals surface area contributed by atoms with Crippen molar-refractivity contribution in [1.82, 2.24) is 4.31 Å². The van der Waals surface area contributed by atoms with Crippen LogP contribution in [0.2, 0.25) is 0 Å². The fraction of sp³-hybridized carbons (Fsp3) is 0.333. The molecule has 0 radical (unpaired) electrons. The van der Waals surface area contributed by atoms with E-state index in [1.54, 1.807) is 13.8 Å². The molecule has 0 saturated carbocycles. The highest BCUT2D eigenvalue weighted by atomic mass is 32.2. The Morgan fingerprint density at radius 3 is 2.47 bits per heavy atom. The standard InChI is InChI=1S/C12H16F2N2O2S/c1-4-7-16(8(2)3)19(17,18)10-6-5-9(13)12(15)11(10)14/h4-6,8H,1,7,15H2,2-3H3. The van der Waals surface area contributed by atoms with Crippen LogP contribution >= 0.6 is 0 Å². The Morgan fingerprint density at radius 1 is 1.42 bits per heavy atom. The lowest BCUT2D eigenvalue weighted by Crippen LogP contribution is -2.37. The molecule has 0 amide bonds. The number of hydrogen-bond acceptors (Lipinski definition) is 3. The molecule has 1 rings (SSSR count). The van der Waals surface area contributed by atoms with Crippen LogP contribution in [-0.2, 0) is 10.0 Å². The van der Waals surface area contributed by atoms with Crippen molar-refractivity contribution >= 4 is 15.7 Å². The molecule has 1 aromatic rings. The fourth-order valence-electron chi connectivity index (χ4n) is 1.59. The summed E-state index contributed by atoms with van der Waals surface area (Å²) in [5.41, 5.74) is 4.37. The highest BCUT2D eigenvalue weighted by Crippen LogP contribution is 2.26. The number of nitrogen functional groups attached to an aromatic ring is 1. The van der Waals surface area contributed by atoms with E-state index in [1.807, 2.05) is 0 Å². The van der Waals surface area contributed by atoms with Gasteiger partial charge in [-0.05, 0) is 26.0 Å². The van der Waals surface area contributed by atoms with Crippen molar-refractivity contribution in [2.75, 3.05) is 12.3 Å². The number of anilines is 1. The Morgan fingerprint density at radius 2 is 2.00 bits per heavy atom. The molecular weight excluding hydrogens is 274 g/mol. The van der Waals surface area contributed by atoms with Crippen molar-refractivity contribution in [3.63, 3.8) is 0 Å². The van der Waals surface area contributed by atoms with Crippen molar-refractivity contribution in [3.8, 4) is 0 Å². The summed E-state index contributed by atoms with van der Waals surface area (Å²) in [4.78, 5) is -0.637. The zero-order chi connectivity index (χ0) is 14.8. The summed E-state index contributed by atoms with van der Waals surface area (Å²) in [7, 11) is -4.09.